The van der Waals surface area contributed by atoms with Gasteiger partial charge in [0, 0.05) is 11.1 Å². The second kappa shape index (κ2) is 9.52. The van der Waals surface area contributed by atoms with Gasteiger partial charge in [0.2, 0.25) is 0 Å². The molecule has 0 heterocycles. The van der Waals surface area contributed by atoms with Crippen LogP contribution in [0.4, 0.5) is 0 Å². The average Bonchev–Trinajstić information content (AvgIpc) is 2.78. The number of hydrogen-bond acceptors (Lipinski definition) is 4. The first-order chi connectivity index (χ1) is 14.5. The van der Waals surface area contributed by atoms with E-state index in [0.717, 1.165) is 11.1 Å². The molecule has 152 valence electrons. The number of amides is 2. The Morgan fingerprint density at radius 2 is 1.47 bits per heavy atom. The Kier molecular flexibility index (Phi) is 6.60. The summed E-state index contributed by atoms with van der Waals surface area (Å²) < 4.78 is 5.52. The quantitative estimate of drug-likeness (QED) is 0.489. The summed E-state index contributed by atoms with van der Waals surface area (Å²) in [5.41, 5.74) is 7.48. The molecule has 6 heteroatoms. The van der Waals surface area contributed by atoms with Crippen molar-refractivity contribution in [2.24, 2.45) is 0 Å². The average molecular weight is 402 g/mol. The van der Waals surface area contributed by atoms with Crippen LogP contribution in [0.25, 0.3) is 0 Å². The fraction of sp³-hybridized carbons (Fsp3) is 0.125. The third-order valence-corrected chi connectivity index (χ3v) is 4.47. The number of ketones is 1. The van der Waals surface area contributed by atoms with Gasteiger partial charge in [-0.2, -0.15) is 0 Å². The minimum absolute atomic E-state index is 0.169. The summed E-state index contributed by atoms with van der Waals surface area (Å²) in [6.07, 6.45) is 0. The van der Waals surface area contributed by atoms with Crippen LogP contribution in [0.15, 0.2) is 72.8 Å². The van der Waals surface area contributed by atoms with E-state index >= 15 is 0 Å². The van der Waals surface area contributed by atoms with Gasteiger partial charge in [-0.25, -0.2) is 0 Å². The molecule has 0 bridgehead atoms. The molecule has 0 radical (unpaired) electrons. The number of carbonyl (C=O) groups excluding carboxylic acids is 3. The number of nitrogens with one attached hydrogen (secondary N) is 2. The highest BCUT2D eigenvalue weighted by Crippen LogP contribution is 2.19. The Morgan fingerprint density at radius 1 is 0.800 bits per heavy atom. The van der Waals surface area contributed by atoms with Gasteiger partial charge in [0.25, 0.3) is 11.8 Å². The Morgan fingerprint density at radius 3 is 2.20 bits per heavy atom. The summed E-state index contributed by atoms with van der Waals surface area (Å²) in [5, 5.41) is 0. The summed E-state index contributed by atoms with van der Waals surface area (Å²) >= 11 is 0. The van der Waals surface area contributed by atoms with Crippen LogP contribution in [0, 0.1) is 13.8 Å². The Bertz CT molecular complexity index is 1080. The van der Waals surface area contributed by atoms with E-state index < -0.39 is 11.8 Å². The lowest BCUT2D eigenvalue weighted by Gasteiger charge is -2.12. The van der Waals surface area contributed by atoms with Crippen LogP contribution in [0.2, 0.25) is 0 Å². The summed E-state index contributed by atoms with van der Waals surface area (Å²) in [5.74, 6) is -0.771. The molecule has 2 amide bonds. The van der Waals surface area contributed by atoms with E-state index in [9.17, 15) is 14.4 Å². The van der Waals surface area contributed by atoms with Crippen LogP contribution < -0.4 is 15.6 Å². The normalized spacial score (nSPS) is 10.2. The van der Waals surface area contributed by atoms with Crippen molar-refractivity contribution in [2.45, 2.75) is 13.8 Å². The van der Waals surface area contributed by atoms with Crippen LogP contribution in [0.1, 0.15) is 37.4 Å². The number of benzene rings is 3. The molecule has 0 aliphatic rings. The molecule has 0 saturated heterocycles. The zero-order valence-corrected chi connectivity index (χ0v) is 16.8. The van der Waals surface area contributed by atoms with Crippen molar-refractivity contribution in [1.29, 1.82) is 0 Å². The standard InChI is InChI=1S/C24H22N2O4/c1-16-12-13-17(2)21(14-16)30-15-22(27)25-26-24(29)20-11-7-6-10-19(20)23(28)18-8-4-3-5-9-18/h3-14H,15H2,1-2H3,(H,25,27)(H,26,29). The van der Waals surface area contributed by atoms with Crippen LogP contribution in [0.5, 0.6) is 5.75 Å². The van der Waals surface area contributed by atoms with Gasteiger partial charge in [0.05, 0.1) is 5.56 Å². The van der Waals surface area contributed by atoms with Gasteiger partial charge in [-0.3, -0.25) is 25.2 Å². The summed E-state index contributed by atoms with van der Waals surface area (Å²) in [4.78, 5) is 37.4. The number of carbonyl (C=O) groups is 3. The van der Waals surface area contributed by atoms with Crippen LogP contribution in [-0.2, 0) is 4.79 Å². The van der Waals surface area contributed by atoms with Crippen molar-refractivity contribution < 1.29 is 19.1 Å². The first-order valence-electron chi connectivity index (χ1n) is 9.43. The molecule has 0 aromatic heterocycles. The zero-order chi connectivity index (χ0) is 21.5. The summed E-state index contributed by atoms with van der Waals surface area (Å²) in [7, 11) is 0. The number of hydrazine groups is 1. The number of rotatable bonds is 6. The first-order valence-corrected chi connectivity index (χ1v) is 9.43. The second-order valence-electron chi connectivity index (χ2n) is 6.80. The largest absolute Gasteiger partial charge is 0.483 e. The Hall–Kier alpha value is -3.93. The van der Waals surface area contributed by atoms with Crippen LogP contribution in [0.3, 0.4) is 0 Å². The lowest BCUT2D eigenvalue weighted by atomic mass is 9.98. The van der Waals surface area contributed by atoms with E-state index in [-0.39, 0.29) is 23.5 Å². The molecule has 0 saturated carbocycles. The maximum atomic E-state index is 12.7. The monoisotopic (exact) mass is 402 g/mol. The molecule has 0 aliphatic heterocycles. The topological polar surface area (TPSA) is 84.5 Å². The molecule has 0 aliphatic carbocycles. The molecular formula is C24H22N2O4. The Balaban J connectivity index is 1.62. The van der Waals surface area contributed by atoms with Crippen molar-refractivity contribution >= 4 is 17.6 Å². The molecular weight excluding hydrogens is 380 g/mol. The molecule has 0 fully saturated rings. The summed E-state index contributed by atoms with van der Waals surface area (Å²) in [6, 6.07) is 20.8. The molecule has 3 rings (SSSR count). The predicted molar refractivity (Wildman–Crippen MR) is 113 cm³/mol. The molecule has 0 atom stereocenters. The van der Waals surface area contributed by atoms with E-state index in [2.05, 4.69) is 10.9 Å². The second-order valence-corrected chi connectivity index (χ2v) is 6.80. The predicted octanol–water partition coefficient (Wildman–Crippen LogP) is 3.37. The molecule has 0 spiro atoms. The lowest BCUT2D eigenvalue weighted by Crippen LogP contribution is -2.44. The highest BCUT2D eigenvalue weighted by Gasteiger charge is 2.18. The summed E-state index contributed by atoms with van der Waals surface area (Å²) in [6.45, 7) is 3.56. The Labute approximate surface area is 174 Å². The molecule has 6 nitrogen and oxygen atoms in total. The highest BCUT2D eigenvalue weighted by molar-refractivity contribution is 6.15. The van der Waals surface area contributed by atoms with Crippen molar-refractivity contribution in [2.75, 3.05) is 6.61 Å². The third-order valence-electron chi connectivity index (χ3n) is 4.47. The van der Waals surface area contributed by atoms with Gasteiger partial charge < -0.3 is 4.74 Å². The zero-order valence-electron chi connectivity index (χ0n) is 16.8. The maximum Gasteiger partial charge on any atom is 0.276 e. The fourth-order valence-corrected chi connectivity index (χ4v) is 2.86. The SMILES string of the molecule is Cc1ccc(C)c(OCC(=O)NNC(=O)c2ccccc2C(=O)c2ccccc2)c1. The smallest absolute Gasteiger partial charge is 0.276 e. The van der Waals surface area contributed by atoms with Gasteiger partial charge >= 0.3 is 0 Å². The van der Waals surface area contributed by atoms with E-state index in [1.54, 1.807) is 42.5 Å². The van der Waals surface area contributed by atoms with Gasteiger partial charge in [0.15, 0.2) is 12.4 Å². The number of hydrogen-bond donors (Lipinski definition) is 2. The van der Waals surface area contributed by atoms with Crippen molar-refractivity contribution in [3.05, 3.63) is 101 Å². The van der Waals surface area contributed by atoms with Crippen molar-refractivity contribution in [3.8, 4) is 5.75 Å². The molecule has 3 aromatic carbocycles. The maximum absolute atomic E-state index is 12.7. The van der Waals surface area contributed by atoms with Gasteiger partial charge in [0.1, 0.15) is 5.75 Å². The van der Waals surface area contributed by atoms with E-state index in [1.807, 2.05) is 38.1 Å². The first kappa shape index (κ1) is 20.8. The molecule has 0 unspecified atom stereocenters. The fourth-order valence-electron chi connectivity index (χ4n) is 2.86. The van der Waals surface area contributed by atoms with Gasteiger partial charge in [-0.15, -0.1) is 0 Å². The minimum Gasteiger partial charge on any atom is -0.483 e. The third kappa shape index (κ3) is 5.11. The minimum atomic E-state index is -0.588. The molecule has 2 N–H and O–H groups in total. The molecule has 30 heavy (non-hydrogen) atoms. The highest BCUT2D eigenvalue weighted by atomic mass is 16.5. The van der Waals surface area contributed by atoms with E-state index in [4.69, 9.17) is 4.74 Å². The van der Waals surface area contributed by atoms with E-state index in [0.29, 0.717) is 11.3 Å². The lowest BCUT2D eigenvalue weighted by molar-refractivity contribution is -0.123. The van der Waals surface area contributed by atoms with Crippen molar-refractivity contribution in [3.63, 3.8) is 0 Å². The molecule has 3 aromatic rings. The van der Waals surface area contributed by atoms with Gasteiger partial charge in [-0.05, 0) is 37.1 Å². The van der Waals surface area contributed by atoms with Crippen LogP contribution in [-0.4, -0.2) is 24.2 Å². The van der Waals surface area contributed by atoms with Crippen molar-refractivity contribution in [1.82, 2.24) is 10.9 Å². The van der Waals surface area contributed by atoms with Crippen LogP contribution >= 0.6 is 0 Å². The number of ether oxygens (including phenoxy) is 1. The van der Waals surface area contributed by atoms with Gasteiger partial charge in [-0.1, -0.05) is 60.7 Å². The van der Waals surface area contributed by atoms with E-state index in [1.165, 1.54) is 6.07 Å². The number of aryl methyl sites for hydroxylation is 2.